The first kappa shape index (κ1) is 18.0. The molecule has 23 heavy (non-hydrogen) atoms. The fourth-order valence-electron chi connectivity index (χ4n) is 2.97. The van der Waals surface area contributed by atoms with E-state index in [9.17, 15) is 4.79 Å². The minimum Gasteiger partial charge on any atom is -0.339 e. The molecule has 0 saturated carbocycles. The zero-order chi connectivity index (χ0) is 15.5. The molecule has 2 heterocycles. The lowest BCUT2D eigenvalue weighted by molar-refractivity contribution is 0.0761. The molecule has 1 aliphatic heterocycles. The standard InChI is InChI=1S/C18H22N2OS.ClH/c1-13-8-11-22-17(13)14-4-2-5-15(12-14)18(21)20-9-3-6-16(19)7-10-20;/h2,4-5,8,11-12,16H,3,6-7,9-10,19H2,1H3;1H. The van der Waals surface area contributed by atoms with Gasteiger partial charge in [0.25, 0.3) is 5.91 Å². The quantitative estimate of drug-likeness (QED) is 0.886. The average Bonchev–Trinajstić information content (AvgIpc) is 2.84. The van der Waals surface area contributed by atoms with Crippen LogP contribution in [-0.4, -0.2) is 29.9 Å². The van der Waals surface area contributed by atoms with Crippen LogP contribution in [0.3, 0.4) is 0 Å². The fourth-order valence-corrected chi connectivity index (χ4v) is 3.89. The number of thiophene rings is 1. The van der Waals surface area contributed by atoms with Gasteiger partial charge in [-0.05, 0) is 60.9 Å². The summed E-state index contributed by atoms with van der Waals surface area (Å²) in [7, 11) is 0. The van der Waals surface area contributed by atoms with Crippen molar-refractivity contribution in [3.8, 4) is 10.4 Å². The van der Waals surface area contributed by atoms with Crippen molar-refractivity contribution < 1.29 is 4.79 Å². The molecule has 1 aromatic carbocycles. The highest BCUT2D eigenvalue weighted by Crippen LogP contribution is 2.29. The van der Waals surface area contributed by atoms with E-state index in [1.54, 1.807) is 11.3 Å². The van der Waals surface area contributed by atoms with Gasteiger partial charge in [0.05, 0.1) is 0 Å². The largest absolute Gasteiger partial charge is 0.339 e. The Morgan fingerprint density at radius 2 is 2.09 bits per heavy atom. The maximum absolute atomic E-state index is 12.8. The lowest BCUT2D eigenvalue weighted by Gasteiger charge is -2.20. The van der Waals surface area contributed by atoms with Gasteiger partial charge in [-0.1, -0.05) is 12.1 Å². The number of benzene rings is 1. The number of carbonyl (C=O) groups is 1. The molecule has 0 spiro atoms. The third kappa shape index (κ3) is 4.14. The Bertz CT molecular complexity index is 671. The highest BCUT2D eigenvalue weighted by atomic mass is 35.5. The highest BCUT2D eigenvalue weighted by molar-refractivity contribution is 7.13. The van der Waals surface area contributed by atoms with E-state index in [0.29, 0.717) is 0 Å². The van der Waals surface area contributed by atoms with E-state index < -0.39 is 0 Å². The number of nitrogens with two attached hydrogens (primary N) is 1. The summed E-state index contributed by atoms with van der Waals surface area (Å²) in [5, 5.41) is 2.09. The Balaban J connectivity index is 0.00000192. The number of hydrogen-bond acceptors (Lipinski definition) is 3. The number of rotatable bonds is 2. The van der Waals surface area contributed by atoms with Crippen molar-refractivity contribution in [2.24, 2.45) is 5.73 Å². The van der Waals surface area contributed by atoms with Crippen molar-refractivity contribution in [2.75, 3.05) is 13.1 Å². The molecule has 0 bridgehead atoms. The maximum Gasteiger partial charge on any atom is 0.253 e. The molecule has 1 saturated heterocycles. The monoisotopic (exact) mass is 350 g/mol. The number of amides is 1. The number of carbonyl (C=O) groups excluding carboxylic acids is 1. The van der Waals surface area contributed by atoms with Crippen molar-refractivity contribution in [2.45, 2.75) is 32.2 Å². The summed E-state index contributed by atoms with van der Waals surface area (Å²) in [5.41, 5.74) is 9.17. The predicted molar refractivity (Wildman–Crippen MR) is 99.5 cm³/mol. The van der Waals surface area contributed by atoms with Gasteiger partial charge in [0.15, 0.2) is 0 Å². The maximum atomic E-state index is 12.8. The molecule has 5 heteroatoms. The van der Waals surface area contributed by atoms with E-state index in [1.807, 2.05) is 23.1 Å². The lowest BCUT2D eigenvalue weighted by atomic mass is 10.1. The second kappa shape index (κ2) is 7.95. The van der Waals surface area contributed by atoms with E-state index in [2.05, 4.69) is 24.4 Å². The fraction of sp³-hybridized carbons (Fsp3) is 0.389. The Kier molecular flexibility index (Phi) is 6.22. The molecular weight excluding hydrogens is 328 g/mol. The highest BCUT2D eigenvalue weighted by Gasteiger charge is 2.20. The number of hydrogen-bond donors (Lipinski definition) is 1. The van der Waals surface area contributed by atoms with Crippen LogP contribution in [0, 0.1) is 6.92 Å². The summed E-state index contributed by atoms with van der Waals surface area (Å²) >= 11 is 1.72. The van der Waals surface area contributed by atoms with Crippen molar-refractivity contribution in [1.29, 1.82) is 0 Å². The molecule has 0 radical (unpaired) electrons. The van der Waals surface area contributed by atoms with Gasteiger partial charge in [0.1, 0.15) is 0 Å². The third-order valence-corrected chi connectivity index (χ3v) is 5.36. The van der Waals surface area contributed by atoms with E-state index >= 15 is 0 Å². The van der Waals surface area contributed by atoms with Gasteiger partial charge >= 0.3 is 0 Å². The van der Waals surface area contributed by atoms with Crippen LogP contribution in [0.5, 0.6) is 0 Å². The molecule has 124 valence electrons. The van der Waals surface area contributed by atoms with Gasteiger partial charge in [0, 0.05) is 29.6 Å². The number of halogens is 1. The number of nitrogens with zero attached hydrogens (tertiary/aromatic N) is 1. The summed E-state index contributed by atoms with van der Waals surface area (Å²) < 4.78 is 0. The molecule has 2 N–H and O–H groups in total. The first-order valence-electron chi connectivity index (χ1n) is 7.84. The van der Waals surface area contributed by atoms with Gasteiger partial charge < -0.3 is 10.6 Å². The van der Waals surface area contributed by atoms with Crippen molar-refractivity contribution >= 4 is 29.7 Å². The van der Waals surface area contributed by atoms with Crippen LogP contribution in [0.4, 0.5) is 0 Å². The summed E-state index contributed by atoms with van der Waals surface area (Å²) in [6.45, 7) is 3.69. The van der Waals surface area contributed by atoms with Gasteiger partial charge in [-0.2, -0.15) is 0 Å². The molecule has 1 atom stereocenters. The minimum absolute atomic E-state index is 0. The molecule has 1 amide bonds. The molecular formula is C18H23ClN2OS. The van der Waals surface area contributed by atoms with Crippen LogP contribution in [0.15, 0.2) is 35.7 Å². The summed E-state index contributed by atoms with van der Waals surface area (Å²) in [4.78, 5) is 15.9. The molecule has 1 unspecified atom stereocenters. The van der Waals surface area contributed by atoms with Crippen LogP contribution in [0.25, 0.3) is 10.4 Å². The first-order valence-corrected chi connectivity index (χ1v) is 8.72. The van der Waals surface area contributed by atoms with E-state index in [-0.39, 0.29) is 24.4 Å². The number of aryl methyl sites for hydroxylation is 1. The SMILES string of the molecule is Cc1ccsc1-c1cccc(C(=O)N2CCCC(N)CC2)c1.Cl. The van der Waals surface area contributed by atoms with Gasteiger partial charge in [-0.3, -0.25) is 4.79 Å². The third-order valence-electron chi connectivity index (χ3n) is 4.29. The second-order valence-corrected chi connectivity index (χ2v) is 6.91. The molecule has 1 aromatic heterocycles. The molecule has 0 aliphatic carbocycles. The van der Waals surface area contributed by atoms with Crippen LogP contribution in [-0.2, 0) is 0 Å². The number of likely N-dealkylation sites (tertiary alicyclic amines) is 1. The normalized spacial score (nSPS) is 18.2. The summed E-state index contributed by atoms with van der Waals surface area (Å²) in [6, 6.07) is 10.3. The van der Waals surface area contributed by atoms with Crippen molar-refractivity contribution in [3.63, 3.8) is 0 Å². The Hall–Kier alpha value is -1.36. The average molecular weight is 351 g/mol. The molecule has 3 nitrogen and oxygen atoms in total. The molecule has 1 fully saturated rings. The minimum atomic E-state index is 0. The molecule has 2 aromatic rings. The van der Waals surface area contributed by atoms with E-state index in [1.165, 1.54) is 10.4 Å². The summed E-state index contributed by atoms with van der Waals surface area (Å²) in [6.07, 6.45) is 2.91. The van der Waals surface area contributed by atoms with Gasteiger partial charge in [0.2, 0.25) is 0 Å². The first-order chi connectivity index (χ1) is 10.6. The second-order valence-electron chi connectivity index (χ2n) is 6.00. The van der Waals surface area contributed by atoms with E-state index in [0.717, 1.165) is 43.5 Å². The Morgan fingerprint density at radius 1 is 1.26 bits per heavy atom. The topological polar surface area (TPSA) is 46.3 Å². The van der Waals surface area contributed by atoms with Crippen LogP contribution < -0.4 is 5.73 Å². The van der Waals surface area contributed by atoms with Gasteiger partial charge in [-0.15, -0.1) is 23.7 Å². The lowest BCUT2D eigenvalue weighted by Crippen LogP contribution is -2.32. The molecule has 3 rings (SSSR count). The summed E-state index contributed by atoms with van der Waals surface area (Å²) in [5.74, 6) is 0.130. The zero-order valence-corrected chi connectivity index (χ0v) is 15.0. The Labute approximate surface area is 147 Å². The Morgan fingerprint density at radius 3 is 2.83 bits per heavy atom. The zero-order valence-electron chi connectivity index (χ0n) is 13.3. The van der Waals surface area contributed by atoms with Crippen LogP contribution in [0.2, 0.25) is 0 Å². The van der Waals surface area contributed by atoms with Crippen LogP contribution >= 0.6 is 23.7 Å². The van der Waals surface area contributed by atoms with Crippen LogP contribution in [0.1, 0.15) is 35.2 Å². The predicted octanol–water partition coefficient (Wildman–Crippen LogP) is 4.10. The van der Waals surface area contributed by atoms with Gasteiger partial charge in [-0.25, -0.2) is 0 Å². The smallest absolute Gasteiger partial charge is 0.253 e. The van der Waals surface area contributed by atoms with Crippen molar-refractivity contribution in [1.82, 2.24) is 4.90 Å². The van der Waals surface area contributed by atoms with Crippen molar-refractivity contribution in [3.05, 3.63) is 46.8 Å². The molecule has 1 aliphatic rings. The van der Waals surface area contributed by atoms with E-state index in [4.69, 9.17) is 5.73 Å².